The number of hydrazone groups is 1. The number of anilines is 1. The average Bonchev–Trinajstić information content (AvgIpc) is 3.21. The fourth-order valence-electron chi connectivity index (χ4n) is 2.99. The molecule has 0 spiro atoms. The van der Waals surface area contributed by atoms with Gasteiger partial charge in [-0.05, 0) is 64.9 Å². The van der Waals surface area contributed by atoms with Crippen molar-refractivity contribution in [1.29, 1.82) is 0 Å². The number of thioether (sulfide) groups is 1. The highest BCUT2D eigenvalue weighted by Crippen LogP contribution is 2.22. The number of carbonyl (C=O) groups excluding carboxylic acids is 1. The number of benzene rings is 2. The molecule has 0 bridgehead atoms. The fraction of sp³-hybridized carbons (Fsp3) is 0.167. The summed E-state index contributed by atoms with van der Waals surface area (Å²) in [6.07, 6.45) is 5.44. The Morgan fingerprint density at radius 1 is 1.18 bits per heavy atom. The lowest BCUT2D eigenvalue weighted by molar-refractivity contribution is -0.118. The second-order valence-corrected chi connectivity index (χ2v) is 9.28. The number of carbonyl (C=O) groups is 1. The van der Waals surface area contributed by atoms with Crippen molar-refractivity contribution in [2.24, 2.45) is 5.10 Å². The second kappa shape index (κ2) is 12.9. The van der Waals surface area contributed by atoms with Crippen LogP contribution in [0.3, 0.4) is 0 Å². The number of nitrogens with zero attached hydrogens (tertiary/aromatic N) is 4. The Bertz CT molecular complexity index is 1180. The highest BCUT2D eigenvalue weighted by atomic mass is 127. The van der Waals surface area contributed by atoms with Crippen LogP contribution in [0.5, 0.6) is 5.75 Å². The van der Waals surface area contributed by atoms with Crippen molar-refractivity contribution in [3.8, 4) is 5.75 Å². The van der Waals surface area contributed by atoms with Gasteiger partial charge in [-0.2, -0.15) is 5.10 Å². The van der Waals surface area contributed by atoms with Gasteiger partial charge in [-0.3, -0.25) is 4.79 Å². The number of hydrogen-bond donors (Lipinski definition) is 3. The van der Waals surface area contributed by atoms with Gasteiger partial charge in [-0.15, -0.1) is 23.4 Å². The summed E-state index contributed by atoms with van der Waals surface area (Å²) >= 11 is 3.53. The van der Waals surface area contributed by atoms with E-state index in [1.165, 1.54) is 18.0 Å². The number of aromatic hydroxyl groups is 1. The summed E-state index contributed by atoms with van der Waals surface area (Å²) < 4.78 is 3.08. The highest BCUT2D eigenvalue weighted by Gasteiger charge is 2.13. The van der Waals surface area contributed by atoms with Gasteiger partial charge in [-0.1, -0.05) is 36.0 Å². The minimum Gasteiger partial charge on any atom is -0.507 e. The number of phenolic OH excluding ortho intramolecular Hbond substituents is 1. The average molecular weight is 588 g/mol. The van der Waals surface area contributed by atoms with Gasteiger partial charge in [0.1, 0.15) is 5.75 Å². The van der Waals surface area contributed by atoms with Crippen LogP contribution >= 0.6 is 34.4 Å². The minimum atomic E-state index is -0.297. The van der Waals surface area contributed by atoms with E-state index in [1.807, 2.05) is 41.0 Å². The number of phenols is 1. The number of aromatic nitrogens is 3. The number of halogens is 1. The second-order valence-electron chi connectivity index (χ2n) is 7.09. The first kappa shape index (κ1) is 25.5. The van der Waals surface area contributed by atoms with Crippen molar-refractivity contribution >= 4 is 52.2 Å². The summed E-state index contributed by atoms with van der Waals surface area (Å²) in [6, 6.07) is 13.4. The van der Waals surface area contributed by atoms with Gasteiger partial charge in [0.25, 0.3) is 5.91 Å². The van der Waals surface area contributed by atoms with E-state index < -0.39 is 0 Å². The van der Waals surface area contributed by atoms with E-state index in [1.54, 1.807) is 18.2 Å². The van der Waals surface area contributed by atoms with Crippen LogP contribution in [0, 0.1) is 3.57 Å². The molecule has 0 unspecified atom stereocenters. The lowest BCUT2D eigenvalue weighted by Gasteiger charge is -2.09. The molecule has 1 heterocycles. The van der Waals surface area contributed by atoms with Crippen molar-refractivity contribution in [3.05, 3.63) is 88.3 Å². The topological polar surface area (TPSA) is 104 Å². The summed E-state index contributed by atoms with van der Waals surface area (Å²) in [5.41, 5.74) is 4.73. The molecule has 3 N–H and O–H groups in total. The standard InChI is InChI=1S/C24H25IN6O2S/c1-3-6-17-7-5-8-18(23(17)33)14-27-29-22(32)16-34-24-30-28-21(31(24)13-4-2)15-26-20-11-9-19(25)10-12-20/h3-5,7-12,14,26,33H,1-2,6,13,15-16H2,(H,29,32)/b27-14-. The van der Waals surface area contributed by atoms with E-state index >= 15 is 0 Å². The lowest BCUT2D eigenvalue weighted by Crippen LogP contribution is -2.20. The van der Waals surface area contributed by atoms with E-state index in [0.717, 1.165) is 20.6 Å². The third-order valence-corrected chi connectivity index (χ3v) is 6.33. The minimum absolute atomic E-state index is 0.111. The van der Waals surface area contributed by atoms with Crippen molar-refractivity contribution in [3.63, 3.8) is 0 Å². The van der Waals surface area contributed by atoms with Crippen molar-refractivity contribution in [2.75, 3.05) is 11.1 Å². The molecule has 3 aromatic rings. The largest absolute Gasteiger partial charge is 0.507 e. The van der Waals surface area contributed by atoms with E-state index in [-0.39, 0.29) is 17.4 Å². The molecular formula is C24H25IN6O2S. The molecule has 0 aliphatic heterocycles. The Morgan fingerprint density at radius 2 is 1.97 bits per heavy atom. The van der Waals surface area contributed by atoms with Crippen LogP contribution in [0.2, 0.25) is 0 Å². The van der Waals surface area contributed by atoms with Gasteiger partial charge in [0.05, 0.1) is 18.5 Å². The molecular weight excluding hydrogens is 563 g/mol. The Morgan fingerprint density at radius 3 is 2.71 bits per heavy atom. The fourth-order valence-corrected chi connectivity index (χ4v) is 4.11. The zero-order valence-corrected chi connectivity index (χ0v) is 21.4. The molecule has 1 amide bonds. The Balaban J connectivity index is 1.56. The third kappa shape index (κ3) is 7.19. The number of rotatable bonds is 12. The number of nitrogens with one attached hydrogen (secondary N) is 2. The molecule has 3 rings (SSSR count). The molecule has 176 valence electrons. The number of hydrogen-bond acceptors (Lipinski definition) is 7. The quantitative estimate of drug-likeness (QED) is 0.0956. The molecule has 10 heteroatoms. The van der Waals surface area contributed by atoms with E-state index in [4.69, 9.17) is 0 Å². The molecule has 2 aromatic carbocycles. The summed E-state index contributed by atoms with van der Waals surface area (Å²) in [6.45, 7) is 8.50. The number of para-hydroxylation sites is 1. The predicted octanol–water partition coefficient (Wildman–Crippen LogP) is 4.36. The first-order chi connectivity index (χ1) is 16.5. The lowest BCUT2D eigenvalue weighted by atomic mass is 10.1. The van der Waals surface area contributed by atoms with Gasteiger partial charge in [0.15, 0.2) is 11.0 Å². The first-order valence-electron chi connectivity index (χ1n) is 10.4. The number of amides is 1. The molecule has 34 heavy (non-hydrogen) atoms. The first-order valence-corrected chi connectivity index (χ1v) is 12.5. The Hall–Kier alpha value is -3.12. The van der Waals surface area contributed by atoms with Gasteiger partial charge in [-0.25, -0.2) is 5.43 Å². The van der Waals surface area contributed by atoms with Crippen LogP contribution in [-0.2, 0) is 24.3 Å². The van der Waals surface area contributed by atoms with Crippen LogP contribution in [0.25, 0.3) is 0 Å². The molecule has 0 saturated carbocycles. The van der Waals surface area contributed by atoms with Gasteiger partial charge >= 0.3 is 0 Å². The van der Waals surface area contributed by atoms with Crippen LogP contribution in [0.4, 0.5) is 5.69 Å². The van der Waals surface area contributed by atoms with Gasteiger partial charge < -0.3 is 15.0 Å². The normalized spacial score (nSPS) is 10.9. The molecule has 1 aromatic heterocycles. The maximum absolute atomic E-state index is 12.3. The maximum Gasteiger partial charge on any atom is 0.250 e. The van der Waals surface area contributed by atoms with Crippen LogP contribution in [0.1, 0.15) is 17.0 Å². The summed E-state index contributed by atoms with van der Waals surface area (Å²) in [4.78, 5) is 12.3. The zero-order valence-electron chi connectivity index (χ0n) is 18.4. The summed E-state index contributed by atoms with van der Waals surface area (Å²) in [5.74, 6) is 0.683. The third-order valence-electron chi connectivity index (χ3n) is 4.64. The molecule has 0 aliphatic rings. The van der Waals surface area contributed by atoms with Crippen LogP contribution < -0.4 is 10.7 Å². The van der Waals surface area contributed by atoms with Crippen LogP contribution in [0.15, 0.2) is 78.0 Å². The predicted molar refractivity (Wildman–Crippen MR) is 145 cm³/mol. The summed E-state index contributed by atoms with van der Waals surface area (Å²) in [7, 11) is 0. The highest BCUT2D eigenvalue weighted by molar-refractivity contribution is 14.1. The maximum atomic E-state index is 12.3. The van der Waals surface area contributed by atoms with Crippen molar-refractivity contribution in [1.82, 2.24) is 20.2 Å². The SMILES string of the molecule is C=CCc1cccc(/C=N\NC(=O)CSc2nnc(CNc3ccc(I)cc3)n2CC=C)c1O. The van der Waals surface area contributed by atoms with Crippen LogP contribution in [-0.4, -0.2) is 37.7 Å². The van der Waals surface area contributed by atoms with Crippen molar-refractivity contribution < 1.29 is 9.90 Å². The molecule has 0 saturated heterocycles. The molecule has 0 radical (unpaired) electrons. The van der Waals surface area contributed by atoms with E-state index in [2.05, 4.69) is 61.8 Å². The van der Waals surface area contributed by atoms with Gasteiger partial charge in [0.2, 0.25) is 0 Å². The zero-order chi connectivity index (χ0) is 24.3. The monoisotopic (exact) mass is 588 g/mol. The summed E-state index contributed by atoms with van der Waals surface area (Å²) in [5, 5.41) is 26.7. The smallest absolute Gasteiger partial charge is 0.250 e. The Kier molecular flexibility index (Phi) is 9.71. The van der Waals surface area contributed by atoms with E-state index in [0.29, 0.717) is 30.2 Å². The molecule has 8 nitrogen and oxygen atoms in total. The van der Waals surface area contributed by atoms with Crippen molar-refractivity contribution in [2.45, 2.75) is 24.7 Å². The number of allylic oxidation sites excluding steroid dienone is 2. The van der Waals surface area contributed by atoms with Gasteiger partial charge in [0, 0.05) is 21.4 Å². The Labute approximate surface area is 216 Å². The molecule has 0 fully saturated rings. The molecule has 0 aliphatic carbocycles. The molecule has 0 atom stereocenters. The van der Waals surface area contributed by atoms with E-state index in [9.17, 15) is 9.90 Å².